The average molecular weight is 243 g/mol. The Bertz CT molecular complexity index is 119. The van der Waals surface area contributed by atoms with Gasteiger partial charge >= 0.3 is 0 Å². The monoisotopic (exact) mass is 243 g/mol. The fourth-order valence-corrected chi connectivity index (χ4v) is 0.214. The van der Waals surface area contributed by atoms with Gasteiger partial charge in [-0.1, -0.05) is 26.8 Å². The lowest BCUT2D eigenvalue weighted by Crippen LogP contribution is -2.18. The lowest BCUT2D eigenvalue weighted by atomic mass is 10.4. The molecule has 0 fully saturated rings. The van der Waals surface area contributed by atoms with Crippen LogP contribution in [0.5, 0.6) is 0 Å². The molecule has 0 rings (SSSR count). The zero-order chi connectivity index (χ0) is 11.1. The Labute approximate surface area is 97.9 Å². The van der Waals surface area contributed by atoms with Crippen molar-refractivity contribution in [2.24, 2.45) is 0 Å². The summed E-state index contributed by atoms with van der Waals surface area (Å²) in [5.41, 5.74) is 0. The van der Waals surface area contributed by atoms with Gasteiger partial charge in [0.1, 0.15) is 0 Å². The highest BCUT2D eigenvalue weighted by Gasteiger charge is 1.66. The van der Waals surface area contributed by atoms with Gasteiger partial charge < -0.3 is 38.6 Å². The number of rotatable bonds is 2. The molecular formula is C9H29N3O4. The second-order valence-electron chi connectivity index (χ2n) is 1.71. The van der Waals surface area contributed by atoms with E-state index >= 15 is 0 Å². The second-order valence-corrected chi connectivity index (χ2v) is 1.71. The minimum atomic E-state index is -1.12. The quantitative estimate of drug-likeness (QED) is 0.553. The molecule has 0 aliphatic heterocycles. The first-order chi connectivity index (χ1) is 6.10. The van der Waals surface area contributed by atoms with Crippen LogP contribution in [0, 0.1) is 0 Å². The van der Waals surface area contributed by atoms with Gasteiger partial charge in [0.15, 0.2) is 0 Å². The topological polar surface area (TPSA) is 196 Å². The van der Waals surface area contributed by atoms with E-state index in [0.717, 1.165) is 12.5 Å². The van der Waals surface area contributed by atoms with E-state index in [1.54, 1.807) is 13.8 Å². The van der Waals surface area contributed by atoms with Crippen molar-refractivity contribution in [3.63, 3.8) is 0 Å². The highest BCUT2D eigenvalue weighted by molar-refractivity contribution is 5.77. The molecule has 0 saturated heterocycles. The molecule has 104 valence electrons. The van der Waals surface area contributed by atoms with Crippen LogP contribution in [0.15, 0.2) is 12.2 Å². The first-order valence-electron chi connectivity index (χ1n) is 4.14. The largest absolute Gasteiger partial charge is 0.855 e. The molecule has 0 aliphatic carbocycles. The maximum atomic E-state index is 9.56. The van der Waals surface area contributed by atoms with Crippen molar-refractivity contribution in [2.45, 2.75) is 27.2 Å². The molecule has 0 atom stereocenters. The van der Waals surface area contributed by atoms with Gasteiger partial charge in [0.2, 0.25) is 0 Å². The standard InChI is InChI=1S/C5H8O2.2C2H5O.3H3N/c1-2-3-4-5(6)7;2*1-2-3;;;/h3-4H,2H2,1H3,(H,6,7);2*2H2,1H3;3*1H3/q;2*-1;;;/p+2. The van der Waals surface area contributed by atoms with Gasteiger partial charge in [-0.25, -0.2) is 0 Å². The van der Waals surface area contributed by atoms with Crippen molar-refractivity contribution in [1.82, 2.24) is 18.5 Å². The number of carboxylic acid groups (broad SMARTS) is 1. The van der Waals surface area contributed by atoms with Crippen molar-refractivity contribution in [3.05, 3.63) is 12.2 Å². The molecule has 0 amide bonds. The molecule has 0 spiro atoms. The maximum absolute atomic E-state index is 9.56. The summed E-state index contributed by atoms with van der Waals surface area (Å²) in [7, 11) is 0. The number of allylic oxidation sites excluding steroid dienone is 1. The van der Waals surface area contributed by atoms with E-state index in [1.807, 2.05) is 6.92 Å². The lowest BCUT2D eigenvalue weighted by molar-refractivity contribution is -0.362. The predicted octanol–water partition coefficient (Wildman–Crippen LogP) is -0.436. The minimum absolute atomic E-state index is 0. The second kappa shape index (κ2) is 48.3. The average Bonchev–Trinajstić information content (AvgIpc) is 2.04. The van der Waals surface area contributed by atoms with Crippen molar-refractivity contribution < 1.29 is 20.1 Å². The molecule has 0 bridgehead atoms. The zero-order valence-electron chi connectivity index (χ0n) is 11.4. The highest BCUT2D eigenvalue weighted by Crippen LogP contribution is 1.75. The molecule has 0 radical (unpaired) electrons. The molecule has 7 nitrogen and oxygen atoms in total. The molecule has 0 unspecified atom stereocenters. The van der Waals surface area contributed by atoms with Crippen molar-refractivity contribution in [2.75, 3.05) is 13.2 Å². The van der Waals surface area contributed by atoms with Gasteiger partial charge in [-0.2, -0.15) is 0 Å². The number of carbonyl (C=O) groups excluding carboxylic acids is 1. The van der Waals surface area contributed by atoms with Crippen LogP contribution in [0.3, 0.4) is 0 Å². The molecule has 0 aromatic heterocycles. The van der Waals surface area contributed by atoms with Gasteiger partial charge in [-0.05, 0) is 12.5 Å². The zero-order valence-corrected chi connectivity index (χ0v) is 11.4. The summed E-state index contributed by atoms with van der Waals surface area (Å²) in [4.78, 5) is 9.56. The van der Waals surface area contributed by atoms with Crippen molar-refractivity contribution in [3.8, 4) is 0 Å². The Morgan fingerprint density at radius 2 is 1.25 bits per heavy atom. The van der Waals surface area contributed by atoms with Gasteiger partial charge in [0.05, 0.1) is 5.97 Å². The molecule has 0 aromatic carbocycles. The van der Waals surface area contributed by atoms with E-state index in [0.29, 0.717) is 0 Å². The van der Waals surface area contributed by atoms with Crippen LogP contribution < -0.4 is 33.8 Å². The van der Waals surface area contributed by atoms with E-state index in [2.05, 4.69) is 0 Å². The Kier molecular flexibility index (Phi) is 109. The SMILES string of the molecule is CCC=CC(=O)[O-].CC[O-].CC[O-].[NH4+].[NH4+].[NH4+]. The van der Waals surface area contributed by atoms with E-state index in [9.17, 15) is 9.90 Å². The van der Waals surface area contributed by atoms with Crippen LogP contribution in [0.25, 0.3) is 0 Å². The molecule has 0 aromatic rings. The van der Waals surface area contributed by atoms with Crippen LogP contribution in [-0.2, 0) is 4.79 Å². The number of carboxylic acids is 1. The third-order valence-electron chi connectivity index (χ3n) is 0.490. The number of carbonyl (C=O) groups is 1. The summed E-state index contributed by atoms with van der Waals surface area (Å²) in [5, 5.41) is 27.4. The number of hydrogen-bond acceptors (Lipinski definition) is 4. The van der Waals surface area contributed by atoms with Gasteiger partial charge in [-0.15, -0.1) is 13.2 Å². The summed E-state index contributed by atoms with van der Waals surface area (Å²) in [6, 6.07) is 0. The van der Waals surface area contributed by atoms with Crippen LogP contribution in [0.2, 0.25) is 0 Å². The molecule has 0 aliphatic rings. The molecule has 12 N–H and O–H groups in total. The van der Waals surface area contributed by atoms with Crippen LogP contribution in [0.4, 0.5) is 0 Å². The normalized spacial score (nSPS) is 6.56. The molecule has 0 saturated carbocycles. The maximum Gasteiger partial charge on any atom is 0.0639 e. The van der Waals surface area contributed by atoms with Crippen LogP contribution >= 0.6 is 0 Å². The molecule has 7 heteroatoms. The van der Waals surface area contributed by atoms with E-state index in [4.69, 9.17) is 10.2 Å². The first kappa shape index (κ1) is 36.3. The fourth-order valence-electron chi connectivity index (χ4n) is 0.214. The Balaban J connectivity index is -0.0000000244. The third kappa shape index (κ3) is 207. The van der Waals surface area contributed by atoms with Gasteiger partial charge in [0.25, 0.3) is 0 Å². The number of quaternary nitrogens is 3. The number of aliphatic carboxylic acids is 1. The van der Waals surface area contributed by atoms with Crippen LogP contribution in [-0.4, -0.2) is 19.2 Å². The highest BCUT2D eigenvalue weighted by atomic mass is 16.4. The summed E-state index contributed by atoms with van der Waals surface area (Å²) in [6.45, 7) is 5.00. The fraction of sp³-hybridized carbons (Fsp3) is 0.667. The van der Waals surface area contributed by atoms with E-state index in [1.165, 1.54) is 6.08 Å². The Hall–Kier alpha value is -0.990. The summed E-state index contributed by atoms with van der Waals surface area (Å²) in [6.07, 6.45) is 3.31. The first-order valence-corrected chi connectivity index (χ1v) is 4.14. The molecular weight excluding hydrogens is 214 g/mol. The summed E-state index contributed by atoms with van der Waals surface area (Å²) >= 11 is 0. The van der Waals surface area contributed by atoms with Crippen LogP contribution in [0.1, 0.15) is 27.2 Å². The third-order valence-corrected chi connectivity index (χ3v) is 0.490. The smallest absolute Gasteiger partial charge is 0.0639 e. The van der Waals surface area contributed by atoms with Gasteiger partial charge in [0, 0.05) is 0 Å². The summed E-state index contributed by atoms with van der Waals surface area (Å²) in [5.74, 6) is -1.12. The van der Waals surface area contributed by atoms with Crippen molar-refractivity contribution in [1.29, 1.82) is 0 Å². The van der Waals surface area contributed by atoms with E-state index < -0.39 is 5.97 Å². The predicted molar refractivity (Wildman–Crippen MR) is 63.5 cm³/mol. The minimum Gasteiger partial charge on any atom is -0.855 e. The van der Waals surface area contributed by atoms with E-state index in [-0.39, 0.29) is 31.7 Å². The molecule has 0 heterocycles. The van der Waals surface area contributed by atoms with Crippen molar-refractivity contribution >= 4 is 5.97 Å². The van der Waals surface area contributed by atoms with Gasteiger partial charge in [-0.3, -0.25) is 0 Å². The summed E-state index contributed by atoms with van der Waals surface area (Å²) < 4.78 is 0. The number of hydrogen-bond donors (Lipinski definition) is 3. The lowest BCUT2D eigenvalue weighted by Gasteiger charge is -1.85. The molecule has 16 heavy (non-hydrogen) atoms. The Morgan fingerprint density at radius 1 is 1.00 bits per heavy atom. The Morgan fingerprint density at radius 3 is 1.31 bits per heavy atom.